The summed E-state index contributed by atoms with van der Waals surface area (Å²) in [6, 6.07) is 1.97. The fraction of sp³-hybridized carbons (Fsp3) is 0.818. The lowest BCUT2D eigenvalue weighted by molar-refractivity contribution is -0.141. The van der Waals surface area contributed by atoms with E-state index in [0.29, 0.717) is 5.92 Å². The lowest BCUT2D eigenvalue weighted by Crippen LogP contribution is -2.48. The Morgan fingerprint density at radius 2 is 2.29 bits per heavy atom. The summed E-state index contributed by atoms with van der Waals surface area (Å²) in [5.41, 5.74) is 0. The standard InChI is InChI=1S/C11H18N2O/c1-4-10(6-12)13-7-8(2)5-9(3)11(13)14/h8-10H,4-5,7H2,1-3H3. The van der Waals surface area contributed by atoms with Crippen LogP contribution in [-0.4, -0.2) is 23.4 Å². The minimum atomic E-state index is -0.229. The van der Waals surface area contributed by atoms with Crippen molar-refractivity contribution >= 4 is 5.91 Å². The van der Waals surface area contributed by atoms with E-state index in [4.69, 9.17) is 5.26 Å². The first kappa shape index (κ1) is 11.0. The Balaban J connectivity index is 2.76. The van der Waals surface area contributed by atoms with Gasteiger partial charge >= 0.3 is 0 Å². The lowest BCUT2D eigenvalue weighted by Gasteiger charge is -2.36. The summed E-state index contributed by atoms with van der Waals surface area (Å²) < 4.78 is 0. The number of likely N-dealkylation sites (tertiary alicyclic amines) is 1. The van der Waals surface area contributed by atoms with Gasteiger partial charge in [-0.25, -0.2) is 0 Å². The van der Waals surface area contributed by atoms with Crippen LogP contribution in [0.25, 0.3) is 0 Å². The summed E-state index contributed by atoms with van der Waals surface area (Å²) in [7, 11) is 0. The van der Waals surface area contributed by atoms with Crippen molar-refractivity contribution < 1.29 is 4.79 Å². The first-order valence-corrected chi connectivity index (χ1v) is 5.30. The van der Waals surface area contributed by atoms with Crippen molar-refractivity contribution in [2.75, 3.05) is 6.54 Å². The van der Waals surface area contributed by atoms with Gasteiger partial charge in [-0.15, -0.1) is 0 Å². The van der Waals surface area contributed by atoms with Gasteiger partial charge in [0.1, 0.15) is 6.04 Å². The number of hydrogen-bond donors (Lipinski definition) is 0. The molecule has 0 aliphatic carbocycles. The SMILES string of the molecule is CCC(C#N)N1CC(C)CC(C)C1=O. The van der Waals surface area contributed by atoms with E-state index in [1.54, 1.807) is 4.90 Å². The van der Waals surface area contributed by atoms with Crippen LogP contribution < -0.4 is 0 Å². The molecule has 0 N–H and O–H groups in total. The molecule has 0 aromatic carbocycles. The molecule has 0 radical (unpaired) electrons. The quantitative estimate of drug-likeness (QED) is 0.672. The van der Waals surface area contributed by atoms with Gasteiger partial charge in [0.05, 0.1) is 6.07 Å². The molecule has 3 heteroatoms. The molecule has 1 fully saturated rings. The average molecular weight is 194 g/mol. The maximum absolute atomic E-state index is 11.8. The van der Waals surface area contributed by atoms with Crippen molar-refractivity contribution in [1.29, 1.82) is 5.26 Å². The number of hydrogen-bond acceptors (Lipinski definition) is 2. The molecule has 1 saturated heterocycles. The van der Waals surface area contributed by atoms with Crippen molar-refractivity contribution in [3.63, 3.8) is 0 Å². The molecular weight excluding hydrogens is 176 g/mol. The predicted molar refractivity (Wildman–Crippen MR) is 54.4 cm³/mol. The highest BCUT2D eigenvalue weighted by Gasteiger charge is 2.32. The van der Waals surface area contributed by atoms with Crippen molar-refractivity contribution in [3.05, 3.63) is 0 Å². The Bertz CT molecular complexity index is 257. The summed E-state index contributed by atoms with van der Waals surface area (Å²) in [6.45, 7) is 6.79. The van der Waals surface area contributed by atoms with Gasteiger partial charge in [0.25, 0.3) is 0 Å². The van der Waals surface area contributed by atoms with E-state index in [0.717, 1.165) is 19.4 Å². The summed E-state index contributed by atoms with van der Waals surface area (Å²) in [5.74, 6) is 0.753. The zero-order chi connectivity index (χ0) is 10.7. The van der Waals surface area contributed by atoms with Crippen LogP contribution in [-0.2, 0) is 4.79 Å². The number of carbonyl (C=O) groups is 1. The Kier molecular flexibility index (Phi) is 3.51. The fourth-order valence-corrected chi connectivity index (χ4v) is 2.15. The third kappa shape index (κ3) is 2.06. The maximum atomic E-state index is 11.8. The van der Waals surface area contributed by atoms with Crippen LogP contribution in [0.1, 0.15) is 33.6 Å². The van der Waals surface area contributed by atoms with E-state index < -0.39 is 0 Å². The third-order valence-corrected chi connectivity index (χ3v) is 2.88. The highest BCUT2D eigenvalue weighted by molar-refractivity contribution is 5.79. The van der Waals surface area contributed by atoms with Crippen LogP contribution in [0, 0.1) is 23.2 Å². The molecule has 0 saturated carbocycles. The summed E-state index contributed by atoms with van der Waals surface area (Å²) >= 11 is 0. The monoisotopic (exact) mass is 194 g/mol. The highest BCUT2D eigenvalue weighted by atomic mass is 16.2. The molecular formula is C11H18N2O. The molecule has 1 aliphatic rings. The van der Waals surface area contributed by atoms with Gasteiger partial charge in [-0.2, -0.15) is 5.26 Å². The van der Waals surface area contributed by atoms with Crippen LogP contribution in [0.3, 0.4) is 0 Å². The molecule has 0 aromatic rings. The fourth-order valence-electron chi connectivity index (χ4n) is 2.15. The summed E-state index contributed by atoms with van der Waals surface area (Å²) in [6.07, 6.45) is 1.68. The van der Waals surface area contributed by atoms with Crippen molar-refractivity contribution in [3.8, 4) is 6.07 Å². The smallest absolute Gasteiger partial charge is 0.226 e. The van der Waals surface area contributed by atoms with E-state index in [-0.39, 0.29) is 17.9 Å². The maximum Gasteiger partial charge on any atom is 0.226 e. The van der Waals surface area contributed by atoms with Gasteiger partial charge in [0.2, 0.25) is 5.91 Å². The van der Waals surface area contributed by atoms with Crippen molar-refractivity contribution in [2.24, 2.45) is 11.8 Å². The van der Waals surface area contributed by atoms with Crippen LogP contribution >= 0.6 is 0 Å². The van der Waals surface area contributed by atoms with E-state index >= 15 is 0 Å². The second kappa shape index (κ2) is 4.45. The first-order chi connectivity index (χ1) is 6.60. The minimum Gasteiger partial charge on any atom is -0.326 e. The zero-order valence-electron chi connectivity index (χ0n) is 9.16. The molecule has 1 heterocycles. The van der Waals surface area contributed by atoms with Crippen molar-refractivity contribution in [2.45, 2.75) is 39.7 Å². The highest BCUT2D eigenvalue weighted by Crippen LogP contribution is 2.24. The van der Waals surface area contributed by atoms with Crippen LogP contribution in [0.2, 0.25) is 0 Å². The second-order valence-corrected chi connectivity index (χ2v) is 4.29. The van der Waals surface area contributed by atoms with Crippen LogP contribution in [0.15, 0.2) is 0 Å². The molecule has 78 valence electrons. The lowest BCUT2D eigenvalue weighted by atomic mass is 9.90. The van der Waals surface area contributed by atoms with E-state index in [2.05, 4.69) is 13.0 Å². The largest absolute Gasteiger partial charge is 0.326 e. The van der Waals surface area contributed by atoms with Crippen LogP contribution in [0.5, 0.6) is 0 Å². The molecule has 1 rings (SSSR count). The normalized spacial score (nSPS) is 29.9. The van der Waals surface area contributed by atoms with Gasteiger partial charge in [0.15, 0.2) is 0 Å². The number of carbonyl (C=O) groups excluding carboxylic acids is 1. The molecule has 0 aromatic heterocycles. The Hall–Kier alpha value is -1.04. The van der Waals surface area contributed by atoms with Gasteiger partial charge in [-0.1, -0.05) is 20.8 Å². The Labute approximate surface area is 85.7 Å². The molecule has 3 atom stereocenters. The second-order valence-electron chi connectivity index (χ2n) is 4.29. The molecule has 0 spiro atoms. The molecule has 1 amide bonds. The average Bonchev–Trinajstić information content (AvgIpc) is 2.15. The van der Waals surface area contributed by atoms with Crippen molar-refractivity contribution in [1.82, 2.24) is 4.90 Å². The van der Waals surface area contributed by atoms with Gasteiger partial charge < -0.3 is 4.90 Å². The third-order valence-electron chi connectivity index (χ3n) is 2.88. The molecule has 14 heavy (non-hydrogen) atoms. The number of rotatable bonds is 2. The minimum absolute atomic E-state index is 0.0844. The van der Waals surface area contributed by atoms with Gasteiger partial charge in [-0.05, 0) is 18.8 Å². The summed E-state index contributed by atoms with van der Waals surface area (Å²) in [4.78, 5) is 13.6. The summed E-state index contributed by atoms with van der Waals surface area (Å²) in [5, 5.41) is 8.92. The van der Waals surface area contributed by atoms with E-state index in [1.165, 1.54) is 0 Å². The number of amides is 1. The van der Waals surface area contributed by atoms with E-state index in [9.17, 15) is 4.79 Å². The topological polar surface area (TPSA) is 44.1 Å². The predicted octanol–water partition coefficient (Wildman–Crippen LogP) is 1.79. The Morgan fingerprint density at radius 3 is 2.79 bits per heavy atom. The number of nitrogens with zero attached hydrogens (tertiary/aromatic N) is 2. The first-order valence-electron chi connectivity index (χ1n) is 5.30. The van der Waals surface area contributed by atoms with Gasteiger partial charge in [0, 0.05) is 12.5 Å². The molecule has 0 bridgehead atoms. The van der Waals surface area contributed by atoms with Crippen LogP contribution in [0.4, 0.5) is 0 Å². The number of piperidine rings is 1. The zero-order valence-corrected chi connectivity index (χ0v) is 9.16. The van der Waals surface area contributed by atoms with Gasteiger partial charge in [-0.3, -0.25) is 4.79 Å². The molecule has 3 unspecified atom stereocenters. The molecule has 1 aliphatic heterocycles. The van der Waals surface area contributed by atoms with E-state index in [1.807, 2.05) is 13.8 Å². The number of nitriles is 1. The Morgan fingerprint density at radius 1 is 1.64 bits per heavy atom. The molecule has 3 nitrogen and oxygen atoms in total.